The second-order valence-electron chi connectivity index (χ2n) is 10.0. The van der Waals surface area contributed by atoms with Crippen LogP contribution in [0.4, 0.5) is 5.69 Å². The summed E-state index contributed by atoms with van der Waals surface area (Å²) >= 11 is 0. The normalized spacial score (nSPS) is 17.4. The minimum Gasteiger partial charge on any atom is -0.344 e. The molecule has 9 heteroatoms. The maximum absolute atomic E-state index is 11.7. The van der Waals surface area contributed by atoms with E-state index in [9.17, 15) is 25.9 Å². The zero-order valence-electron chi connectivity index (χ0n) is 20.9. The molecule has 2 aromatic carbocycles. The van der Waals surface area contributed by atoms with E-state index in [0.717, 1.165) is 28.1 Å². The van der Waals surface area contributed by atoms with Crippen LogP contribution in [0.1, 0.15) is 57.7 Å². The summed E-state index contributed by atoms with van der Waals surface area (Å²) in [4.78, 5) is 1.88. The van der Waals surface area contributed by atoms with Gasteiger partial charge in [-0.3, -0.25) is 9.11 Å². The fourth-order valence-electron chi connectivity index (χ4n) is 4.78. The standard InChI is InChI=1S/C26H33NO6S2/c1-7-27-23-14-13-20(35(31,32)33)17-22(23)26(5,6)24(27)10-8-9-15-25(3,4)21-16-19(34(28,29)30)12-11-18(21)2/h8-14,16-17H,7,15H2,1-6H3,(H,28,29,30)(H,31,32,33)/b9-8+,24-10+. The van der Waals surface area contributed by atoms with Crippen molar-refractivity contribution in [3.8, 4) is 0 Å². The first-order valence-corrected chi connectivity index (χ1v) is 14.2. The van der Waals surface area contributed by atoms with Crippen LogP contribution in [0.15, 0.2) is 70.1 Å². The molecule has 190 valence electrons. The van der Waals surface area contributed by atoms with E-state index in [1.165, 1.54) is 24.3 Å². The van der Waals surface area contributed by atoms with Gasteiger partial charge in [-0.1, -0.05) is 45.9 Å². The lowest BCUT2D eigenvalue weighted by Gasteiger charge is -2.27. The molecule has 2 N–H and O–H groups in total. The summed E-state index contributed by atoms with van der Waals surface area (Å²) in [5.41, 5.74) is 3.64. The Labute approximate surface area is 208 Å². The Morgan fingerprint density at radius 3 is 2.11 bits per heavy atom. The van der Waals surface area contributed by atoms with Crippen molar-refractivity contribution in [1.29, 1.82) is 0 Å². The SMILES string of the molecule is CCN1/C(=C/C=C/CC(C)(C)c2cc(S(=O)(=O)O)ccc2C)C(C)(C)c2cc(S(=O)(=O)O)ccc21. The fraction of sp³-hybridized carbons (Fsp3) is 0.385. The summed E-state index contributed by atoms with van der Waals surface area (Å²) in [6.45, 7) is 12.7. The first kappa shape index (κ1) is 27.1. The lowest BCUT2D eigenvalue weighted by molar-refractivity contribution is 0.480. The highest BCUT2D eigenvalue weighted by atomic mass is 32.2. The third-order valence-corrected chi connectivity index (χ3v) is 8.43. The van der Waals surface area contributed by atoms with Gasteiger partial charge in [0, 0.05) is 23.3 Å². The van der Waals surface area contributed by atoms with Gasteiger partial charge >= 0.3 is 0 Å². The van der Waals surface area contributed by atoms with Gasteiger partial charge in [-0.15, -0.1) is 0 Å². The monoisotopic (exact) mass is 519 g/mol. The van der Waals surface area contributed by atoms with Crippen molar-refractivity contribution in [2.75, 3.05) is 11.4 Å². The zero-order chi connectivity index (χ0) is 26.4. The number of nitrogens with zero attached hydrogens (tertiary/aromatic N) is 1. The number of allylic oxidation sites excluding steroid dienone is 4. The molecule has 0 aliphatic carbocycles. The molecule has 1 heterocycles. The van der Waals surface area contributed by atoms with Gasteiger partial charge in [0.05, 0.1) is 9.79 Å². The first-order valence-electron chi connectivity index (χ1n) is 11.4. The molecule has 0 spiro atoms. The molecule has 35 heavy (non-hydrogen) atoms. The molecule has 7 nitrogen and oxygen atoms in total. The van der Waals surface area contributed by atoms with Crippen molar-refractivity contribution in [1.82, 2.24) is 0 Å². The van der Waals surface area contributed by atoms with Gasteiger partial charge in [0.2, 0.25) is 0 Å². The molecule has 0 aromatic heterocycles. The van der Waals surface area contributed by atoms with Crippen molar-refractivity contribution in [2.45, 2.75) is 68.6 Å². The smallest absolute Gasteiger partial charge is 0.294 e. The number of likely N-dealkylation sites (N-methyl/N-ethyl adjacent to an activating group) is 1. The van der Waals surface area contributed by atoms with Crippen LogP contribution >= 0.6 is 0 Å². The molecular formula is C26H33NO6S2. The summed E-state index contributed by atoms with van der Waals surface area (Å²) in [6, 6.07) is 9.30. The van der Waals surface area contributed by atoms with Crippen LogP contribution in [0.5, 0.6) is 0 Å². The lowest BCUT2D eigenvalue weighted by Crippen LogP contribution is -2.25. The number of anilines is 1. The van der Waals surface area contributed by atoms with Gasteiger partial charge < -0.3 is 4.90 Å². The van der Waals surface area contributed by atoms with Crippen LogP contribution in [0.2, 0.25) is 0 Å². The van der Waals surface area contributed by atoms with E-state index < -0.39 is 25.7 Å². The molecule has 0 saturated heterocycles. The Bertz CT molecular complexity index is 1420. The van der Waals surface area contributed by atoms with Crippen LogP contribution in [0.25, 0.3) is 0 Å². The van der Waals surface area contributed by atoms with Gasteiger partial charge in [0.15, 0.2) is 0 Å². The molecule has 0 bridgehead atoms. The van der Waals surface area contributed by atoms with E-state index in [1.807, 2.05) is 59.8 Å². The topological polar surface area (TPSA) is 112 Å². The second-order valence-corrected chi connectivity index (χ2v) is 12.9. The van der Waals surface area contributed by atoms with Crippen LogP contribution in [0, 0.1) is 6.92 Å². The highest BCUT2D eigenvalue weighted by molar-refractivity contribution is 7.86. The maximum atomic E-state index is 11.7. The lowest BCUT2D eigenvalue weighted by atomic mass is 9.79. The van der Waals surface area contributed by atoms with E-state index in [1.54, 1.807) is 12.1 Å². The Kier molecular flexibility index (Phi) is 7.13. The van der Waals surface area contributed by atoms with Crippen molar-refractivity contribution in [3.63, 3.8) is 0 Å². The molecule has 2 aromatic rings. The Morgan fingerprint density at radius 2 is 1.54 bits per heavy atom. The summed E-state index contributed by atoms with van der Waals surface area (Å²) in [6.07, 6.45) is 6.61. The number of hydrogen-bond acceptors (Lipinski definition) is 5. The van der Waals surface area contributed by atoms with Gasteiger partial charge in [-0.25, -0.2) is 0 Å². The number of hydrogen-bond donors (Lipinski definition) is 2. The van der Waals surface area contributed by atoms with E-state index >= 15 is 0 Å². The average molecular weight is 520 g/mol. The van der Waals surface area contributed by atoms with Gasteiger partial charge in [-0.05, 0) is 78.8 Å². The van der Waals surface area contributed by atoms with Crippen LogP contribution in [-0.4, -0.2) is 32.5 Å². The summed E-state index contributed by atoms with van der Waals surface area (Å²) in [7, 11) is -8.59. The van der Waals surface area contributed by atoms with E-state index in [0.29, 0.717) is 13.0 Å². The van der Waals surface area contributed by atoms with Gasteiger partial charge in [0.1, 0.15) is 0 Å². The molecule has 0 unspecified atom stereocenters. The van der Waals surface area contributed by atoms with Crippen molar-refractivity contribution < 1.29 is 25.9 Å². The van der Waals surface area contributed by atoms with E-state index in [4.69, 9.17) is 0 Å². The van der Waals surface area contributed by atoms with Gasteiger partial charge in [-0.2, -0.15) is 16.8 Å². The fourth-order valence-corrected chi connectivity index (χ4v) is 5.79. The molecule has 3 rings (SSSR count). The molecule has 0 saturated carbocycles. The Morgan fingerprint density at radius 1 is 0.971 bits per heavy atom. The predicted octanol–water partition coefficient (Wildman–Crippen LogP) is 5.41. The molecular weight excluding hydrogens is 486 g/mol. The number of fused-ring (bicyclic) bond motifs is 1. The number of aryl methyl sites for hydroxylation is 1. The van der Waals surface area contributed by atoms with E-state index in [2.05, 4.69) is 4.90 Å². The summed E-state index contributed by atoms with van der Waals surface area (Å²) in [5, 5.41) is 0. The minimum absolute atomic E-state index is 0.120. The molecule has 1 aliphatic rings. The van der Waals surface area contributed by atoms with Crippen molar-refractivity contribution >= 4 is 25.9 Å². The first-order chi connectivity index (χ1) is 16.0. The van der Waals surface area contributed by atoms with Crippen molar-refractivity contribution in [2.24, 2.45) is 0 Å². The molecule has 0 atom stereocenters. The second kappa shape index (κ2) is 9.20. The van der Waals surface area contributed by atoms with E-state index in [-0.39, 0.29) is 15.2 Å². The van der Waals surface area contributed by atoms with Gasteiger partial charge in [0.25, 0.3) is 20.2 Å². The summed E-state index contributed by atoms with van der Waals surface area (Å²) in [5.74, 6) is 0. The van der Waals surface area contributed by atoms with Crippen LogP contribution in [-0.2, 0) is 31.1 Å². The predicted molar refractivity (Wildman–Crippen MR) is 138 cm³/mol. The third kappa shape index (κ3) is 5.38. The van der Waals surface area contributed by atoms with Crippen LogP contribution < -0.4 is 4.90 Å². The highest BCUT2D eigenvalue weighted by Gasteiger charge is 2.40. The summed E-state index contributed by atoms with van der Waals surface area (Å²) < 4.78 is 65.5. The Hall–Kier alpha value is -2.46. The maximum Gasteiger partial charge on any atom is 0.294 e. The third-order valence-electron chi connectivity index (χ3n) is 6.73. The quantitative estimate of drug-likeness (QED) is 0.470. The zero-order valence-corrected chi connectivity index (χ0v) is 22.5. The highest BCUT2D eigenvalue weighted by Crippen LogP contribution is 2.48. The Balaban J connectivity index is 1.92. The van der Waals surface area contributed by atoms with Crippen LogP contribution in [0.3, 0.4) is 0 Å². The molecule has 1 aliphatic heterocycles. The molecule has 0 amide bonds. The van der Waals surface area contributed by atoms with Crippen molar-refractivity contribution in [3.05, 3.63) is 77.0 Å². The number of rotatable bonds is 7. The minimum atomic E-state index is -4.30. The number of benzene rings is 2. The average Bonchev–Trinajstić information content (AvgIpc) is 2.95. The molecule has 0 radical (unpaired) electrons. The molecule has 0 fully saturated rings. The largest absolute Gasteiger partial charge is 0.344 e.